The van der Waals surface area contributed by atoms with Crippen molar-refractivity contribution < 1.29 is 15.3 Å². The first-order chi connectivity index (χ1) is 4.74. The van der Waals surface area contributed by atoms with Crippen LogP contribution in [0.15, 0.2) is 0 Å². The number of hydrogen-bond donors (Lipinski definition) is 4. The zero-order valence-corrected chi connectivity index (χ0v) is 5.70. The molecule has 0 aromatic rings. The molecule has 1 aliphatic heterocycles. The van der Waals surface area contributed by atoms with E-state index in [4.69, 9.17) is 15.3 Å². The molecule has 0 amide bonds. The maximum absolute atomic E-state index is 9.16. The second-order valence-corrected chi connectivity index (χ2v) is 2.65. The lowest BCUT2D eigenvalue weighted by molar-refractivity contribution is 0.00654. The molecule has 4 N–H and O–H groups in total. The van der Waals surface area contributed by atoms with Gasteiger partial charge >= 0.3 is 0 Å². The highest BCUT2D eigenvalue weighted by Crippen LogP contribution is 2.07. The Hall–Kier alpha value is -0.160. The van der Waals surface area contributed by atoms with Gasteiger partial charge in [-0.1, -0.05) is 0 Å². The minimum absolute atomic E-state index is 0.0755. The maximum atomic E-state index is 9.16. The van der Waals surface area contributed by atoms with Crippen LogP contribution < -0.4 is 5.32 Å². The molecule has 0 unspecified atom stereocenters. The van der Waals surface area contributed by atoms with E-state index in [1.165, 1.54) is 0 Å². The second-order valence-electron chi connectivity index (χ2n) is 2.65. The lowest BCUT2D eigenvalue weighted by atomic mass is 10.0. The monoisotopic (exact) mass is 147 g/mol. The van der Waals surface area contributed by atoms with Gasteiger partial charge in [0.2, 0.25) is 0 Å². The first-order valence-corrected chi connectivity index (χ1v) is 3.44. The Bertz CT molecular complexity index is 109. The van der Waals surface area contributed by atoms with E-state index in [-0.39, 0.29) is 12.6 Å². The average Bonchev–Trinajstić information content (AvgIpc) is 1.88. The first-order valence-electron chi connectivity index (χ1n) is 3.44. The first kappa shape index (κ1) is 7.94. The van der Waals surface area contributed by atoms with Gasteiger partial charge in [-0.15, -0.1) is 0 Å². The molecule has 3 atom stereocenters. The third-order valence-electron chi connectivity index (χ3n) is 1.79. The van der Waals surface area contributed by atoms with Crippen LogP contribution in [0.25, 0.3) is 0 Å². The van der Waals surface area contributed by atoms with Crippen LogP contribution in [0, 0.1) is 0 Å². The molecule has 0 aromatic heterocycles. The molecular weight excluding hydrogens is 134 g/mol. The third-order valence-corrected chi connectivity index (χ3v) is 1.79. The van der Waals surface area contributed by atoms with Gasteiger partial charge in [0.1, 0.15) is 0 Å². The molecule has 4 heteroatoms. The van der Waals surface area contributed by atoms with Gasteiger partial charge in [0.15, 0.2) is 0 Å². The van der Waals surface area contributed by atoms with Crippen LogP contribution in [0.5, 0.6) is 0 Å². The van der Waals surface area contributed by atoms with Crippen LogP contribution in [-0.4, -0.2) is 46.7 Å². The predicted octanol–water partition coefficient (Wildman–Crippen LogP) is -1.94. The van der Waals surface area contributed by atoms with Crippen molar-refractivity contribution in [1.29, 1.82) is 0 Å². The molecule has 0 aromatic carbocycles. The molecule has 1 heterocycles. The minimum atomic E-state index is -0.617. The standard InChI is InChI=1S/C6H13NO3/c8-3-5-6(10)1-4(9)2-7-5/h4-10H,1-3H2/t4-,5-,6-/m1/s1. The van der Waals surface area contributed by atoms with Gasteiger partial charge in [-0.25, -0.2) is 0 Å². The van der Waals surface area contributed by atoms with E-state index >= 15 is 0 Å². The molecule has 0 aliphatic carbocycles. The summed E-state index contributed by atoms with van der Waals surface area (Å²) < 4.78 is 0. The molecule has 1 aliphatic rings. The lowest BCUT2D eigenvalue weighted by Gasteiger charge is -2.30. The van der Waals surface area contributed by atoms with Gasteiger partial charge in [0, 0.05) is 13.0 Å². The summed E-state index contributed by atoms with van der Waals surface area (Å²) in [6, 6.07) is -0.261. The fourth-order valence-corrected chi connectivity index (χ4v) is 1.14. The highest BCUT2D eigenvalue weighted by atomic mass is 16.3. The molecule has 0 spiro atoms. The van der Waals surface area contributed by atoms with Crippen LogP contribution in [0.1, 0.15) is 6.42 Å². The maximum Gasteiger partial charge on any atom is 0.0740 e. The molecule has 1 saturated heterocycles. The van der Waals surface area contributed by atoms with E-state index in [1.54, 1.807) is 0 Å². The highest BCUT2D eigenvalue weighted by molar-refractivity contribution is 4.84. The number of nitrogens with one attached hydrogen (secondary N) is 1. The molecule has 1 rings (SSSR count). The number of piperidine rings is 1. The van der Waals surface area contributed by atoms with Crippen LogP contribution in [-0.2, 0) is 0 Å². The molecular formula is C6H13NO3. The topological polar surface area (TPSA) is 72.7 Å². The molecule has 0 radical (unpaired) electrons. The Balaban J connectivity index is 2.36. The lowest BCUT2D eigenvalue weighted by Crippen LogP contribution is -2.52. The third kappa shape index (κ3) is 1.67. The van der Waals surface area contributed by atoms with Gasteiger partial charge < -0.3 is 20.6 Å². The van der Waals surface area contributed by atoms with Crippen molar-refractivity contribution in [1.82, 2.24) is 5.32 Å². The van der Waals surface area contributed by atoms with Crippen molar-refractivity contribution in [2.75, 3.05) is 13.2 Å². The smallest absolute Gasteiger partial charge is 0.0740 e. The largest absolute Gasteiger partial charge is 0.395 e. The van der Waals surface area contributed by atoms with Crippen molar-refractivity contribution in [3.05, 3.63) is 0 Å². The predicted molar refractivity (Wildman–Crippen MR) is 35.5 cm³/mol. The molecule has 1 fully saturated rings. The number of aliphatic hydroxyl groups is 3. The Labute approximate surface area is 59.5 Å². The number of rotatable bonds is 1. The summed E-state index contributed by atoms with van der Waals surface area (Å²) in [6.07, 6.45) is -0.732. The van der Waals surface area contributed by atoms with Gasteiger partial charge in [-0.3, -0.25) is 0 Å². The van der Waals surface area contributed by atoms with Gasteiger partial charge in [0.05, 0.1) is 24.9 Å². The highest BCUT2D eigenvalue weighted by Gasteiger charge is 2.26. The zero-order chi connectivity index (χ0) is 7.56. The Morgan fingerprint density at radius 3 is 2.60 bits per heavy atom. The van der Waals surface area contributed by atoms with Gasteiger partial charge in [-0.05, 0) is 0 Å². The molecule has 10 heavy (non-hydrogen) atoms. The summed E-state index contributed by atoms with van der Waals surface area (Å²) >= 11 is 0. The Morgan fingerprint density at radius 1 is 1.40 bits per heavy atom. The van der Waals surface area contributed by atoms with Crippen LogP contribution in [0.4, 0.5) is 0 Å². The van der Waals surface area contributed by atoms with Crippen LogP contribution >= 0.6 is 0 Å². The van der Waals surface area contributed by atoms with E-state index in [9.17, 15) is 0 Å². The minimum Gasteiger partial charge on any atom is -0.395 e. The summed E-state index contributed by atoms with van der Waals surface area (Å²) in [5.41, 5.74) is 0. The van der Waals surface area contributed by atoms with Crippen LogP contribution in [0.3, 0.4) is 0 Å². The van der Waals surface area contributed by atoms with Crippen molar-refractivity contribution in [2.24, 2.45) is 0 Å². The van der Waals surface area contributed by atoms with Gasteiger partial charge in [-0.2, -0.15) is 0 Å². The summed E-state index contributed by atoms with van der Waals surface area (Å²) in [7, 11) is 0. The Morgan fingerprint density at radius 2 is 2.10 bits per heavy atom. The second kappa shape index (κ2) is 3.30. The number of aliphatic hydroxyl groups excluding tert-OH is 3. The van der Waals surface area contributed by atoms with E-state index in [2.05, 4.69) is 5.32 Å². The normalized spacial score (nSPS) is 41.7. The fourth-order valence-electron chi connectivity index (χ4n) is 1.14. The van der Waals surface area contributed by atoms with Crippen molar-refractivity contribution in [3.8, 4) is 0 Å². The van der Waals surface area contributed by atoms with Crippen LogP contribution in [0.2, 0.25) is 0 Å². The summed E-state index contributed by atoms with van der Waals surface area (Å²) in [6.45, 7) is 0.385. The summed E-state index contributed by atoms with van der Waals surface area (Å²) in [5.74, 6) is 0. The summed E-state index contributed by atoms with van der Waals surface area (Å²) in [5, 5.41) is 29.6. The number of β-amino-alcohol motifs (C(OH)–C–C–N with tert-alkyl or cyclic N) is 1. The molecule has 4 nitrogen and oxygen atoms in total. The molecule has 60 valence electrons. The van der Waals surface area contributed by atoms with E-state index < -0.39 is 12.2 Å². The SMILES string of the molecule is OC[C@H]1NC[C@H](O)C[C@H]1O. The zero-order valence-electron chi connectivity index (χ0n) is 5.70. The van der Waals surface area contributed by atoms with E-state index in [0.29, 0.717) is 13.0 Å². The number of hydrogen-bond acceptors (Lipinski definition) is 4. The van der Waals surface area contributed by atoms with Crippen molar-refractivity contribution in [2.45, 2.75) is 24.7 Å². The van der Waals surface area contributed by atoms with Crippen molar-refractivity contribution in [3.63, 3.8) is 0 Å². The average molecular weight is 147 g/mol. The summed E-state index contributed by atoms with van der Waals surface area (Å²) in [4.78, 5) is 0. The Kier molecular flexibility index (Phi) is 2.62. The fraction of sp³-hybridized carbons (Fsp3) is 1.00. The van der Waals surface area contributed by atoms with E-state index in [1.807, 2.05) is 0 Å². The van der Waals surface area contributed by atoms with Crippen molar-refractivity contribution >= 4 is 0 Å². The quantitative estimate of drug-likeness (QED) is 0.348. The molecule has 0 bridgehead atoms. The van der Waals surface area contributed by atoms with E-state index in [0.717, 1.165) is 0 Å². The molecule has 0 saturated carbocycles. The van der Waals surface area contributed by atoms with Gasteiger partial charge in [0.25, 0.3) is 0 Å².